The molecule has 1 aromatic rings. The first-order valence-electron chi connectivity index (χ1n) is 6.33. The van der Waals surface area contributed by atoms with Gasteiger partial charge in [-0.1, -0.05) is 0 Å². The summed E-state index contributed by atoms with van der Waals surface area (Å²) in [7, 11) is -3.64. The fraction of sp³-hybridized carbons (Fsp3) is 0.500. The summed E-state index contributed by atoms with van der Waals surface area (Å²) in [6.45, 7) is 2.29. The molecule has 0 aliphatic carbocycles. The molecule has 2 N–H and O–H groups in total. The maximum atomic E-state index is 12.5. The molecule has 110 valence electrons. The van der Waals surface area contributed by atoms with Crippen molar-refractivity contribution in [2.24, 2.45) is 5.73 Å². The number of aryl methyl sites for hydroxylation is 1. The molecule has 0 bridgehead atoms. The molecule has 1 fully saturated rings. The third kappa shape index (κ3) is 2.82. The molecule has 0 radical (unpaired) electrons. The van der Waals surface area contributed by atoms with Gasteiger partial charge in [-0.2, -0.15) is 4.31 Å². The van der Waals surface area contributed by atoms with Crippen molar-refractivity contribution in [1.29, 1.82) is 0 Å². The van der Waals surface area contributed by atoms with Crippen LogP contribution in [0.3, 0.4) is 0 Å². The highest BCUT2D eigenvalue weighted by atomic mass is 32.2. The summed E-state index contributed by atoms with van der Waals surface area (Å²) in [5, 5.41) is 10.7. The number of benzene rings is 1. The minimum absolute atomic E-state index is 0.109. The second kappa shape index (κ2) is 5.47. The third-order valence-electron chi connectivity index (χ3n) is 3.41. The van der Waals surface area contributed by atoms with Gasteiger partial charge in [-0.25, -0.2) is 8.42 Å². The highest BCUT2D eigenvalue weighted by Gasteiger charge is 2.30. The van der Waals surface area contributed by atoms with Crippen molar-refractivity contribution >= 4 is 15.7 Å². The Bertz CT molecular complexity index is 630. The zero-order chi connectivity index (χ0) is 14.9. The van der Waals surface area contributed by atoms with Crippen LogP contribution in [0.25, 0.3) is 0 Å². The maximum absolute atomic E-state index is 12.5. The molecule has 0 spiro atoms. The Labute approximate surface area is 117 Å². The molecular weight excluding hydrogens is 282 g/mol. The smallest absolute Gasteiger partial charge is 0.269 e. The summed E-state index contributed by atoms with van der Waals surface area (Å²) >= 11 is 0. The fourth-order valence-corrected chi connectivity index (χ4v) is 4.11. The van der Waals surface area contributed by atoms with Gasteiger partial charge in [0, 0.05) is 31.3 Å². The Kier molecular flexibility index (Phi) is 4.07. The minimum Gasteiger partial charge on any atom is -0.327 e. The van der Waals surface area contributed by atoms with Gasteiger partial charge in [-0.05, 0) is 31.4 Å². The van der Waals surface area contributed by atoms with Gasteiger partial charge in [0.15, 0.2) is 0 Å². The Hall–Kier alpha value is -1.51. The lowest BCUT2D eigenvalue weighted by Gasteiger charge is -2.30. The summed E-state index contributed by atoms with van der Waals surface area (Å²) in [4.78, 5) is 10.3. The predicted octanol–water partition coefficient (Wildman–Crippen LogP) is 1.02. The molecule has 8 heteroatoms. The van der Waals surface area contributed by atoms with Crippen molar-refractivity contribution in [1.82, 2.24) is 4.31 Å². The van der Waals surface area contributed by atoms with E-state index < -0.39 is 14.9 Å². The lowest BCUT2D eigenvalue weighted by atomic mass is 10.1. The van der Waals surface area contributed by atoms with E-state index in [1.165, 1.54) is 22.5 Å². The number of nitro groups is 1. The van der Waals surface area contributed by atoms with Gasteiger partial charge in [-0.15, -0.1) is 0 Å². The van der Waals surface area contributed by atoms with Crippen molar-refractivity contribution in [3.8, 4) is 0 Å². The maximum Gasteiger partial charge on any atom is 0.269 e. The van der Waals surface area contributed by atoms with Crippen LogP contribution < -0.4 is 5.73 Å². The average molecular weight is 299 g/mol. The summed E-state index contributed by atoms with van der Waals surface area (Å²) in [6, 6.07) is 3.63. The van der Waals surface area contributed by atoms with Crippen LogP contribution in [-0.4, -0.2) is 36.8 Å². The molecule has 1 aliphatic rings. The Morgan fingerprint density at radius 1 is 1.45 bits per heavy atom. The number of sulfonamides is 1. The van der Waals surface area contributed by atoms with Crippen molar-refractivity contribution < 1.29 is 13.3 Å². The zero-order valence-electron chi connectivity index (χ0n) is 11.2. The lowest BCUT2D eigenvalue weighted by molar-refractivity contribution is -0.385. The zero-order valence-corrected chi connectivity index (χ0v) is 12.0. The van der Waals surface area contributed by atoms with Crippen LogP contribution in [-0.2, 0) is 10.0 Å². The van der Waals surface area contributed by atoms with E-state index in [-0.39, 0.29) is 16.6 Å². The molecule has 20 heavy (non-hydrogen) atoms. The first kappa shape index (κ1) is 14.9. The molecule has 1 aromatic carbocycles. The Morgan fingerprint density at radius 3 is 2.70 bits per heavy atom. The van der Waals surface area contributed by atoms with Gasteiger partial charge in [-0.3, -0.25) is 10.1 Å². The van der Waals surface area contributed by atoms with Crippen molar-refractivity contribution in [2.45, 2.75) is 30.7 Å². The van der Waals surface area contributed by atoms with Gasteiger partial charge in [0.2, 0.25) is 10.0 Å². The van der Waals surface area contributed by atoms with Gasteiger partial charge in [0.1, 0.15) is 0 Å². The Balaban J connectivity index is 2.36. The number of nitrogens with two attached hydrogens (primary N) is 1. The van der Waals surface area contributed by atoms with Crippen molar-refractivity contribution in [3.63, 3.8) is 0 Å². The van der Waals surface area contributed by atoms with Crippen molar-refractivity contribution in [3.05, 3.63) is 33.9 Å². The second-order valence-corrected chi connectivity index (χ2v) is 6.88. The van der Waals surface area contributed by atoms with E-state index in [0.29, 0.717) is 18.7 Å². The van der Waals surface area contributed by atoms with Crippen LogP contribution in [0.4, 0.5) is 5.69 Å². The molecule has 0 aromatic heterocycles. The van der Waals surface area contributed by atoms with Gasteiger partial charge in [0.25, 0.3) is 5.69 Å². The van der Waals surface area contributed by atoms with Gasteiger partial charge < -0.3 is 5.73 Å². The van der Waals surface area contributed by atoms with E-state index in [1.54, 1.807) is 6.92 Å². The van der Waals surface area contributed by atoms with Crippen LogP contribution in [0, 0.1) is 17.0 Å². The number of rotatable bonds is 3. The standard InChI is InChI=1S/C12H17N3O4S/c1-9-7-11(15(16)17)4-5-12(9)20(18,19)14-6-2-3-10(13)8-14/h4-5,7,10H,2-3,6,8,13H2,1H3/t10-/m1/s1. The van der Waals surface area contributed by atoms with Crippen LogP contribution in [0.15, 0.2) is 23.1 Å². The minimum atomic E-state index is -3.64. The summed E-state index contributed by atoms with van der Waals surface area (Å²) in [5.41, 5.74) is 6.07. The molecule has 0 saturated carbocycles. The molecule has 1 atom stereocenters. The average Bonchev–Trinajstić information content (AvgIpc) is 2.38. The van der Waals surface area contributed by atoms with E-state index in [0.717, 1.165) is 12.8 Å². The monoisotopic (exact) mass is 299 g/mol. The van der Waals surface area contributed by atoms with Gasteiger partial charge in [0.05, 0.1) is 9.82 Å². The number of piperidine rings is 1. The molecular formula is C12H17N3O4S. The quantitative estimate of drug-likeness (QED) is 0.662. The lowest BCUT2D eigenvalue weighted by Crippen LogP contribution is -2.45. The number of hydrogen-bond donors (Lipinski definition) is 1. The van der Waals surface area contributed by atoms with Crippen LogP contribution in [0.1, 0.15) is 18.4 Å². The number of nitrogens with zero attached hydrogens (tertiary/aromatic N) is 2. The van der Waals surface area contributed by atoms with E-state index in [1.807, 2.05) is 0 Å². The fourth-order valence-electron chi connectivity index (χ4n) is 2.37. The first-order valence-corrected chi connectivity index (χ1v) is 7.77. The SMILES string of the molecule is Cc1cc([N+](=O)[O-])ccc1S(=O)(=O)N1CCC[C@@H](N)C1. The predicted molar refractivity (Wildman–Crippen MR) is 73.8 cm³/mol. The molecule has 1 saturated heterocycles. The third-order valence-corrected chi connectivity index (χ3v) is 5.43. The molecule has 1 aliphatic heterocycles. The number of non-ortho nitro benzene ring substituents is 1. The summed E-state index contributed by atoms with van der Waals surface area (Å²) in [6.07, 6.45) is 1.54. The van der Waals surface area contributed by atoms with E-state index >= 15 is 0 Å². The summed E-state index contributed by atoms with van der Waals surface area (Å²) in [5.74, 6) is 0. The normalized spacial score (nSPS) is 20.8. The second-order valence-electron chi connectivity index (χ2n) is 4.97. The number of nitro benzene ring substituents is 1. The van der Waals surface area contributed by atoms with Crippen LogP contribution in [0.5, 0.6) is 0 Å². The van der Waals surface area contributed by atoms with Gasteiger partial charge >= 0.3 is 0 Å². The highest BCUT2D eigenvalue weighted by Crippen LogP contribution is 2.25. The number of hydrogen-bond acceptors (Lipinski definition) is 5. The molecule has 0 amide bonds. The molecule has 7 nitrogen and oxygen atoms in total. The largest absolute Gasteiger partial charge is 0.327 e. The van der Waals surface area contributed by atoms with E-state index in [4.69, 9.17) is 5.73 Å². The topological polar surface area (TPSA) is 107 Å². The van der Waals surface area contributed by atoms with Crippen LogP contribution in [0.2, 0.25) is 0 Å². The summed E-state index contributed by atoms with van der Waals surface area (Å²) < 4.78 is 26.4. The van der Waals surface area contributed by atoms with Crippen molar-refractivity contribution in [2.75, 3.05) is 13.1 Å². The highest BCUT2D eigenvalue weighted by molar-refractivity contribution is 7.89. The first-order chi connectivity index (χ1) is 9.32. The molecule has 0 unspecified atom stereocenters. The Morgan fingerprint density at radius 2 is 2.15 bits per heavy atom. The van der Waals surface area contributed by atoms with E-state index in [2.05, 4.69) is 0 Å². The molecule has 2 rings (SSSR count). The van der Waals surface area contributed by atoms with E-state index in [9.17, 15) is 18.5 Å². The van der Waals surface area contributed by atoms with Crippen LogP contribution >= 0.6 is 0 Å². The molecule has 1 heterocycles.